The summed E-state index contributed by atoms with van der Waals surface area (Å²) in [6, 6.07) is 9.54. The third-order valence-corrected chi connectivity index (χ3v) is 7.29. The fraction of sp³-hybridized carbons (Fsp3) is 0.421. The molecule has 0 aliphatic carbocycles. The molecule has 0 bridgehead atoms. The lowest BCUT2D eigenvalue weighted by atomic mass is 10.2. The second-order valence-corrected chi connectivity index (χ2v) is 9.39. The molecule has 1 fully saturated rings. The quantitative estimate of drug-likeness (QED) is 0.819. The van der Waals surface area contributed by atoms with E-state index in [0.717, 1.165) is 24.9 Å². The molecule has 1 saturated heterocycles. The number of carbonyl (C=O) groups is 1. The van der Waals surface area contributed by atoms with Gasteiger partial charge in [-0.2, -0.15) is 0 Å². The summed E-state index contributed by atoms with van der Waals surface area (Å²) < 4.78 is 27.6. The molecule has 2 aromatic rings. The average Bonchev–Trinajstić information content (AvgIpc) is 3.27. The van der Waals surface area contributed by atoms with E-state index in [1.54, 1.807) is 30.4 Å². The van der Waals surface area contributed by atoms with E-state index in [1.807, 2.05) is 29.3 Å². The van der Waals surface area contributed by atoms with Crippen LogP contribution in [0.3, 0.4) is 0 Å². The minimum atomic E-state index is -3.61. The van der Waals surface area contributed by atoms with Crippen LogP contribution in [0, 0.1) is 13.8 Å². The van der Waals surface area contributed by atoms with Crippen molar-refractivity contribution < 1.29 is 13.2 Å². The van der Waals surface area contributed by atoms with Crippen LogP contribution in [-0.2, 0) is 14.8 Å². The molecular formula is C19H24N2O3S2. The zero-order valence-corrected chi connectivity index (χ0v) is 16.7. The molecule has 1 aromatic heterocycles. The monoisotopic (exact) mass is 392 g/mol. The Balaban J connectivity index is 1.60. The summed E-state index contributed by atoms with van der Waals surface area (Å²) in [6.45, 7) is 4.49. The van der Waals surface area contributed by atoms with Gasteiger partial charge in [0.1, 0.15) is 0 Å². The molecule has 140 valence electrons. The Morgan fingerprint density at radius 1 is 1.31 bits per heavy atom. The summed E-state index contributed by atoms with van der Waals surface area (Å²) in [4.78, 5) is 16.0. The van der Waals surface area contributed by atoms with Gasteiger partial charge in [-0.05, 0) is 55.3 Å². The second-order valence-electron chi connectivity index (χ2n) is 6.68. The van der Waals surface area contributed by atoms with Crippen molar-refractivity contribution in [2.75, 3.05) is 13.1 Å². The van der Waals surface area contributed by atoms with Crippen LogP contribution in [0.5, 0.6) is 0 Å². The van der Waals surface area contributed by atoms with Gasteiger partial charge in [0.05, 0.1) is 10.9 Å². The third-order valence-electron chi connectivity index (χ3n) is 4.71. The number of sulfonamides is 1. The van der Waals surface area contributed by atoms with Crippen LogP contribution in [-0.4, -0.2) is 32.3 Å². The number of rotatable bonds is 6. The first kappa shape index (κ1) is 19.1. The topological polar surface area (TPSA) is 66.5 Å². The summed E-state index contributed by atoms with van der Waals surface area (Å²) >= 11 is 1.66. The number of hydrogen-bond donors (Lipinski definition) is 1. The Morgan fingerprint density at radius 3 is 2.85 bits per heavy atom. The van der Waals surface area contributed by atoms with Gasteiger partial charge < -0.3 is 4.90 Å². The molecule has 0 unspecified atom stereocenters. The molecule has 5 nitrogen and oxygen atoms in total. The smallest absolute Gasteiger partial charge is 0.240 e. The summed E-state index contributed by atoms with van der Waals surface area (Å²) in [7, 11) is -3.61. The molecule has 3 rings (SSSR count). The van der Waals surface area contributed by atoms with Crippen molar-refractivity contribution >= 4 is 27.3 Å². The standard InChI is InChI=1S/C19H24N2O3S2/c1-14-7-8-15(2)18(13-14)26(23,24)20-10-9-19(22)21-11-3-5-16(21)17-6-4-12-25-17/h4,6-8,12-13,16,20H,3,5,9-11H2,1-2H3/t16-/m1/s1. The SMILES string of the molecule is Cc1ccc(C)c(S(=O)(=O)NCCC(=O)N2CCC[C@@H]2c2cccs2)c1. The fourth-order valence-corrected chi connectivity index (χ4v) is 5.59. The molecule has 1 amide bonds. The lowest BCUT2D eigenvalue weighted by Crippen LogP contribution is -2.34. The molecule has 26 heavy (non-hydrogen) atoms. The lowest BCUT2D eigenvalue weighted by Gasteiger charge is -2.24. The van der Waals surface area contributed by atoms with Crippen molar-refractivity contribution in [2.45, 2.75) is 44.0 Å². The Hall–Kier alpha value is -1.70. The van der Waals surface area contributed by atoms with Crippen LogP contribution in [0.2, 0.25) is 0 Å². The van der Waals surface area contributed by atoms with Gasteiger partial charge in [0.15, 0.2) is 0 Å². The Bertz CT molecular complexity index is 876. The van der Waals surface area contributed by atoms with Gasteiger partial charge >= 0.3 is 0 Å². The molecule has 1 aromatic carbocycles. The van der Waals surface area contributed by atoms with Gasteiger partial charge in [-0.1, -0.05) is 18.2 Å². The molecule has 1 aliphatic rings. The van der Waals surface area contributed by atoms with Crippen LogP contribution < -0.4 is 4.72 Å². The molecule has 0 saturated carbocycles. The van der Waals surface area contributed by atoms with Gasteiger partial charge in [0, 0.05) is 24.4 Å². The molecule has 0 radical (unpaired) electrons. The Morgan fingerprint density at radius 2 is 2.12 bits per heavy atom. The van der Waals surface area contributed by atoms with Crippen LogP contribution in [0.1, 0.15) is 41.3 Å². The zero-order chi connectivity index (χ0) is 18.7. The number of likely N-dealkylation sites (tertiary alicyclic amines) is 1. The van der Waals surface area contributed by atoms with E-state index in [1.165, 1.54) is 4.88 Å². The molecule has 1 atom stereocenters. The fourth-order valence-electron chi connectivity index (χ4n) is 3.35. The zero-order valence-electron chi connectivity index (χ0n) is 15.1. The normalized spacial score (nSPS) is 17.6. The van der Waals surface area contributed by atoms with Gasteiger partial charge in [-0.3, -0.25) is 4.79 Å². The number of carbonyl (C=O) groups excluding carboxylic acids is 1. The van der Waals surface area contributed by atoms with Crippen molar-refractivity contribution in [1.29, 1.82) is 0 Å². The van der Waals surface area contributed by atoms with E-state index >= 15 is 0 Å². The van der Waals surface area contributed by atoms with Crippen LogP contribution >= 0.6 is 11.3 Å². The van der Waals surface area contributed by atoms with E-state index in [4.69, 9.17) is 0 Å². The van der Waals surface area contributed by atoms with Crippen LogP contribution in [0.15, 0.2) is 40.6 Å². The number of amides is 1. The van der Waals surface area contributed by atoms with Gasteiger partial charge in [-0.15, -0.1) is 11.3 Å². The van der Waals surface area contributed by atoms with E-state index in [9.17, 15) is 13.2 Å². The highest BCUT2D eigenvalue weighted by Crippen LogP contribution is 2.34. The van der Waals surface area contributed by atoms with Gasteiger partial charge in [-0.25, -0.2) is 13.1 Å². The first-order valence-corrected chi connectivity index (χ1v) is 11.1. The number of nitrogens with one attached hydrogen (secondary N) is 1. The predicted molar refractivity (Wildman–Crippen MR) is 104 cm³/mol. The highest BCUT2D eigenvalue weighted by molar-refractivity contribution is 7.89. The van der Waals surface area contributed by atoms with Crippen molar-refractivity contribution in [2.24, 2.45) is 0 Å². The maximum absolute atomic E-state index is 12.6. The number of hydrogen-bond acceptors (Lipinski definition) is 4. The van der Waals surface area contributed by atoms with E-state index in [0.29, 0.717) is 5.56 Å². The maximum Gasteiger partial charge on any atom is 0.240 e. The minimum absolute atomic E-state index is 0.00423. The summed E-state index contributed by atoms with van der Waals surface area (Å²) in [6.07, 6.45) is 2.13. The number of aryl methyl sites for hydroxylation is 2. The summed E-state index contributed by atoms with van der Waals surface area (Å²) in [5.41, 5.74) is 1.59. The highest BCUT2D eigenvalue weighted by Gasteiger charge is 2.30. The molecule has 1 aliphatic heterocycles. The molecule has 1 N–H and O–H groups in total. The molecule has 2 heterocycles. The van der Waals surface area contributed by atoms with Crippen molar-refractivity contribution in [3.05, 3.63) is 51.7 Å². The van der Waals surface area contributed by atoms with Gasteiger partial charge in [0.25, 0.3) is 0 Å². The van der Waals surface area contributed by atoms with Crippen molar-refractivity contribution in [3.8, 4) is 0 Å². The molecule has 7 heteroatoms. The van der Waals surface area contributed by atoms with Gasteiger partial charge in [0.2, 0.25) is 15.9 Å². The number of nitrogens with zero attached hydrogens (tertiary/aromatic N) is 1. The highest BCUT2D eigenvalue weighted by atomic mass is 32.2. The maximum atomic E-state index is 12.6. The van der Waals surface area contributed by atoms with Crippen molar-refractivity contribution in [1.82, 2.24) is 9.62 Å². The Labute approximate surface area is 159 Å². The van der Waals surface area contributed by atoms with E-state index in [-0.39, 0.29) is 29.8 Å². The first-order chi connectivity index (χ1) is 12.4. The molecular weight excluding hydrogens is 368 g/mol. The van der Waals surface area contributed by atoms with E-state index in [2.05, 4.69) is 10.8 Å². The Kier molecular flexibility index (Phi) is 5.79. The first-order valence-electron chi connectivity index (χ1n) is 8.78. The van der Waals surface area contributed by atoms with Crippen LogP contribution in [0.25, 0.3) is 0 Å². The third kappa shape index (κ3) is 4.16. The average molecular weight is 393 g/mol. The predicted octanol–water partition coefficient (Wildman–Crippen LogP) is 3.40. The number of thiophene rings is 1. The summed E-state index contributed by atoms with van der Waals surface area (Å²) in [5, 5.41) is 2.02. The van der Waals surface area contributed by atoms with Crippen molar-refractivity contribution in [3.63, 3.8) is 0 Å². The second kappa shape index (κ2) is 7.90. The molecule has 0 spiro atoms. The largest absolute Gasteiger partial charge is 0.335 e. The minimum Gasteiger partial charge on any atom is -0.335 e. The summed E-state index contributed by atoms with van der Waals surface area (Å²) in [5.74, 6) is 0.00423. The lowest BCUT2D eigenvalue weighted by molar-refractivity contribution is -0.131. The number of benzene rings is 1. The van der Waals surface area contributed by atoms with E-state index < -0.39 is 10.0 Å². The van der Waals surface area contributed by atoms with Crippen LogP contribution in [0.4, 0.5) is 0 Å².